The van der Waals surface area contributed by atoms with Crippen molar-refractivity contribution < 1.29 is 24.4 Å². The second kappa shape index (κ2) is 6.04. The van der Waals surface area contributed by atoms with Crippen molar-refractivity contribution in [2.75, 3.05) is 26.4 Å². The molecule has 2 rings (SSSR count). The van der Waals surface area contributed by atoms with Crippen LogP contribution in [0.3, 0.4) is 0 Å². The fourth-order valence-electron chi connectivity index (χ4n) is 1.76. The molecule has 0 bridgehead atoms. The van der Waals surface area contributed by atoms with Crippen LogP contribution in [0.4, 0.5) is 0 Å². The summed E-state index contributed by atoms with van der Waals surface area (Å²) in [6.07, 6.45) is -1.21. The molecule has 0 saturated carbocycles. The Morgan fingerprint density at radius 1 is 1.44 bits per heavy atom. The highest BCUT2D eigenvalue weighted by molar-refractivity contribution is 5.44. The number of ether oxygens (including phenoxy) is 3. The van der Waals surface area contributed by atoms with E-state index < -0.39 is 12.2 Å². The first kappa shape index (κ1) is 13.1. The van der Waals surface area contributed by atoms with Gasteiger partial charge in [-0.2, -0.15) is 0 Å². The Bertz CT molecular complexity index is 393. The minimum Gasteiger partial charge on any atom is -0.491 e. The second-order valence-corrected chi connectivity index (χ2v) is 4.15. The van der Waals surface area contributed by atoms with E-state index in [0.29, 0.717) is 18.1 Å². The molecule has 5 heteroatoms. The standard InChI is InChI=1S/C13H18O5/c1-2-16-6-9(14)7-17-10-3-4-11-12(15)8-18-13(11)5-10/h3-5,9,12,14-15H,2,6-8H2,1H3. The van der Waals surface area contributed by atoms with Gasteiger partial charge in [-0.3, -0.25) is 0 Å². The molecule has 1 heterocycles. The topological polar surface area (TPSA) is 68.2 Å². The van der Waals surface area contributed by atoms with E-state index in [1.54, 1.807) is 18.2 Å². The maximum absolute atomic E-state index is 9.57. The quantitative estimate of drug-likeness (QED) is 0.789. The number of fused-ring (bicyclic) bond motifs is 1. The minimum absolute atomic E-state index is 0.168. The summed E-state index contributed by atoms with van der Waals surface area (Å²) in [6.45, 7) is 3.15. The molecule has 5 nitrogen and oxygen atoms in total. The number of hydrogen-bond acceptors (Lipinski definition) is 5. The first-order valence-corrected chi connectivity index (χ1v) is 6.04. The normalized spacial score (nSPS) is 19.2. The summed E-state index contributed by atoms with van der Waals surface area (Å²) in [4.78, 5) is 0. The fraction of sp³-hybridized carbons (Fsp3) is 0.538. The molecule has 100 valence electrons. The summed E-state index contributed by atoms with van der Waals surface area (Å²) in [5, 5.41) is 19.1. The predicted octanol–water partition coefficient (Wildman–Crippen LogP) is 0.889. The third kappa shape index (κ3) is 3.13. The third-order valence-electron chi connectivity index (χ3n) is 2.70. The zero-order chi connectivity index (χ0) is 13.0. The maximum Gasteiger partial charge on any atom is 0.129 e. The van der Waals surface area contributed by atoms with Crippen molar-refractivity contribution >= 4 is 0 Å². The predicted molar refractivity (Wildman–Crippen MR) is 64.9 cm³/mol. The van der Waals surface area contributed by atoms with Gasteiger partial charge in [0.15, 0.2) is 0 Å². The zero-order valence-electron chi connectivity index (χ0n) is 10.3. The van der Waals surface area contributed by atoms with Crippen LogP contribution in [0.15, 0.2) is 18.2 Å². The first-order valence-electron chi connectivity index (χ1n) is 6.04. The molecule has 0 aromatic heterocycles. The molecule has 1 aliphatic rings. The molecular formula is C13H18O5. The van der Waals surface area contributed by atoms with Crippen LogP contribution in [0.25, 0.3) is 0 Å². The van der Waals surface area contributed by atoms with Gasteiger partial charge in [0.2, 0.25) is 0 Å². The Morgan fingerprint density at radius 3 is 3.06 bits per heavy atom. The fourth-order valence-corrected chi connectivity index (χ4v) is 1.76. The minimum atomic E-state index is -0.648. The van der Waals surface area contributed by atoms with Gasteiger partial charge >= 0.3 is 0 Å². The number of hydrogen-bond donors (Lipinski definition) is 2. The second-order valence-electron chi connectivity index (χ2n) is 4.15. The van der Waals surface area contributed by atoms with E-state index in [0.717, 1.165) is 5.56 Å². The summed E-state index contributed by atoms with van der Waals surface area (Å²) in [6, 6.07) is 5.25. The Morgan fingerprint density at radius 2 is 2.28 bits per heavy atom. The lowest BCUT2D eigenvalue weighted by molar-refractivity contribution is 0.0164. The van der Waals surface area contributed by atoms with Crippen LogP contribution < -0.4 is 9.47 Å². The van der Waals surface area contributed by atoms with Crippen molar-refractivity contribution in [3.05, 3.63) is 23.8 Å². The van der Waals surface area contributed by atoms with Gasteiger partial charge in [0.1, 0.15) is 36.9 Å². The molecular weight excluding hydrogens is 236 g/mol. The van der Waals surface area contributed by atoms with Gasteiger partial charge in [-0.15, -0.1) is 0 Å². The number of rotatable bonds is 6. The van der Waals surface area contributed by atoms with Crippen LogP contribution in [-0.4, -0.2) is 42.7 Å². The van der Waals surface area contributed by atoms with Crippen LogP contribution in [0, 0.1) is 0 Å². The summed E-state index contributed by atoms with van der Waals surface area (Å²) in [7, 11) is 0. The highest BCUT2D eigenvalue weighted by Crippen LogP contribution is 2.34. The molecule has 18 heavy (non-hydrogen) atoms. The number of aliphatic hydroxyl groups is 2. The van der Waals surface area contributed by atoms with Crippen LogP contribution in [0.5, 0.6) is 11.5 Å². The van der Waals surface area contributed by atoms with Gasteiger partial charge in [0, 0.05) is 18.2 Å². The highest BCUT2D eigenvalue weighted by Gasteiger charge is 2.22. The molecule has 0 saturated heterocycles. The van der Waals surface area contributed by atoms with E-state index in [9.17, 15) is 10.2 Å². The summed E-state index contributed by atoms with van der Waals surface area (Å²) >= 11 is 0. The van der Waals surface area contributed by atoms with Crippen molar-refractivity contribution in [1.29, 1.82) is 0 Å². The lowest BCUT2D eigenvalue weighted by atomic mass is 10.1. The van der Waals surface area contributed by atoms with Crippen molar-refractivity contribution in [3.63, 3.8) is 0 Å². The van der Waals surface area contributed by atoms with E-state index in [2.05, 4.69) is 0 Å². The van der Waals surface area contributed by atoms with Crippen molar-refractivity contribution in [2.24, 2.45) is 0 Å². The molecule has 1 aromatic rings. The molecule has 2 N–H and O–H groups in total. The van der Waals surface area contributed by atoms with Crippen molar-refractivity contribution in [1.82, 2.24) is 0 Å². The average Bonchev–Trinajstić information content (AvgIpc) is 2.75. The molecule has 1 aliphatic heterocycles. The average molecular weight is 254 g/mol. The molecule has 0 aliphatic carbocycles. The lowest BCUT2D eigenvalue weighted by Gasteiger charge is -2.12. The summed E-state index contributed by atoms with van der Waals surface area (Å²) < 4.78 is 15.8. The van der Waals surface area contributed by atoms with Crippen LogP contribution in [-0.2, 0) is 4.74 Å². The molecule has 2 unspecified atom stereocenters. The molecule has 1 aromatic carbocycles. The van der Waals surface area contributed by atoms with E-state index >= 15 is 0 Å². The summed E-state index contributed by atoms with van der Waals surface area (Å²) in [5.41, 5.74) is 0.775. The lowest BCUT2D eigenvalue weighted by Crippen LogP contribution is -2.23. The van der Waals surface area contributed by atoms with Gasteiger partial charge in [-0.1, -0.05) is 0 Å². The third-order valence-corrected chi connectivity index (χ3v) is 2.70. The monoisotopic (exact) mass is 254 g/mol. The highest BCUT2D eigenvalue weighted by atomic mass is 16.5. The van der Waals surface area contributed by atoms with Crippen molar-refractivity contribution in [3.8, 4) is 11.5 Å². The molecule has 0 spiro atoms. The van der Waals surface area contributed by atoms with Gasteiger partial charge in [-0.05, 0) is 19.1 Å². The van der Waals surface area contributed by atoms with E-state index in [1.807, 2.05) is 6.92 Å². The SMILES string of the molecule is CCOCC(O)COc1ccc2c(c1)OCC2O. The number of aliphatic hydroxyl groups excluding tert-OH is 2. The Balaban J connectivity index is 1.87. The van der Waals surface area contributed by atoms with E-state index in [4.69, 9.17) is 14.2 Å². The van der Waals surface area contributed by atoms with E-state index in [1.165, 1.54) is 0 Å². The molecule has 0 fully saturated rings. The zero-order valence-corrected chi connectivity index (χ0v) is 10.3. The Hall–Kier alpha value is -1.30. The number of benzene rings is 1. The summed E-state index contributed by atoms with van der Waals surface area (Å²) in [5.74, 6) is 1.25. The Labute approximate surface area is 106 Å². The molecule has 2 atom stereocenters. The smallest absolute Gasteiger partial charge is 0.129 e. The Kier molecular flexibility index (Phi) is 4.41. The van der Waals surface area contributed by atoms with Gasteiger partial charge < -0.3 is 24.4 Å². The molecule has 0 radical (unpaired) electrons. The maximum atomic E-state index is 9.57. The van der Waals surface area contributed by atoms with Gasteiger partial charge in [0.25, 0.3) is 0 Å². The van der Waals surface area contributed by atoms with Crippen LogP contribution >= 0.6 is 0 Å². The van der Waals surface area contributed by atoms with Crippen molar-refractivity contribution in [2.45, 2.75) is 19.1 Å². The van der Waals surface area contributed by atoms with Gasteiger partial charge in [0.05, 0.1) is 6.61 Å². The first-order chi connectivity index (χ1) is 8.70. The van der Waals surface area contributed by atoms with E-state index in [-0.39, 0.29) is 19.8 Å². The largest absolute Gasteiger partial charge is 0.491 e. The van der Waals surface area contributed by atoms with Crippen LogP contribution in [0.1, 0.15) is 18.6 Å². The van der Waals surface area contributed by atoms with Crippen LogP contribution in [0.2, 0.25) is 0 Å². The van der Waals surface area contributed by atoms with Gasteiger partial charge in [-0.25, -0.2) is 0 Å². The molecule has 0 amide bonds.